The van der Waals surface area contributed by atoms with Gasteiger partial charge in [-0.2, -0.15) is 0 Å². The molecule has 0 bridgehead atoms. The minimum atomic E-state index is -3.36. The first-order valence-electron chi connectivity index (χ1n) is 11.7. The van der Waals surface area contributed by atoms with Crippen LogP contribution in [0.2, 0.25) is 0 Å². The molecule has 0 aliphatic rings. The van der Waals surface area contributed by atoms with E-state index in [0.717, 1.165) is 11.1 Å². The van der Waals surface area contributed by atoms with Gasteiger partial charge in [0.2, 0.25) is 0 Å². The number of hydrogen-bond donors (Lipinski definition) is 3. The molecule has 9 heteroatoms. The number of aromatic nitrogens is 1. The van der Waals surface area contributed by atoms with Gasteiger partial charge in [0.15, 0.2) is 9.84 Å². The molecule has 0 radical (unpaired) electrons. The van der Waals surface area contributed by atoms with Crippen LogP contribution >= 0.6 is 0 Å². The molecule has 0 amide bonds. The lowest BCUT2D eigenvalue weighted by Crippen LogP contribution is -2.31. The summed E-state index contributed by atoms with van der Waals surface area (Å²) in [6, 6.07) is 12.2. The molecule has 0 fully saturated rings. The molecule has 3 rings (SSSR count). The van der Waals surface area contributed by atoms with Crippen LogP contribution in [0.4, 0.5) is 0 Å². The molecule has 1 aromatic heterocycles. The van der Waals surface area contributed by atoms with Gasteiger partial charge in [0.05, 0.1) is 27.4 Å². The van der Waals surface area contributed by atoms with Crippen LogP contribution < -0.4 is 15.8 Å². The third kappa shape index (κ3) is 7.05. The van der Waals surface area contributed by atoms with Crippen molar-refractivity contribution in [1.82, 2.24) is 10.3 Å². The van der Waals surface area contributed by atoms with E-state index in [-0.39, 0.29) is 16.2 Å². The predicted octanol–water partition coefficient (Wildman–Crippen LogP) is 4.25. The van der Waals surface area contributed by atoms with Crippen LogP contribution in [0.3, 0.4) is 0 Å². The number of pyridine rings is 1. The fourth-order valence-electron chi connectivity index (χ4n) is 3.48. The number of rotatable bonds is 9. The quantitative estimate of drug-likeness (QED) is 0.290. The van der Waals surface area contributed by atoms with Crippen LogP contribution in [0.15, 0.2) is 70.4 Å². The van der Waals surface area contributed by atoms with Crippen molar-refractivity contribution in [2.45, 2.75) is 57.7 Å². The van der Waals surface area contributed by atoms with E-state index in [1.807, 2.05) is 45.9 Å². The van der Waals surface area contributed by atoms with Gasteiger partial charge in [0.25, 0.3) is 0 Å². The molecule has 0 aliphatic heterocycles. The standard InChI is InChI=1S/C27H34N4O4S/c1-6-36(33,34)21-8-9-23-22(15-21)25(11-12-29-23)35-24-10-7-19(13-18(24)2)14-26(32)31-20(16-28)17-30-27(3,4)5/h7-13,15-17,26,31-32H,6,14,28H2,1-5H3/b20-16+,30-17?. The average molecular weight is 511 g/mol. The van der Waals surface area contributed by atoms with E-state index in [1.54, 1.807) is 43.6 Å². The Morgan fingerprint density at radius 1 is 1.19 bits per heavy atom. The molecular weight excluding hydrogens is 476 g/mol. The van der Waals surface area contributed by atoms with Gasteiger partial charge >= 0.3 is 0 Å². The Labute approximate surface area is 212 Å². The zero-order valence-electron chi connectivity index (χ0n) is 21.3. The topological polar surface area (TPSA) is 127 Å². The van der Waals surface area contributed by atoms with Gasteiger partial charge in [-0.05, 0) is 69.2 Å². The van der Waals surface area contributed by atoms with Crippen molar-refractivity contribution >= 4 is 27.0 Å². The van der Waals surface area contributed by atoms with E-state index in [9.17, 15) is 13.5 Å². The Balaban J connectivity index is 1.78. The van der Waals surface area contributed by atoms with E-state index in [4.69, 9.17) is 10.5 Å². The number of sulfone groups is 1. The number of nitrogens with one attached hydrogen (secondary N) is 1. The molecule has 36 heavy (non-hydrogen) atoms. The summed E-state index contributed by atoms with van der Waals surface area (Å²) >= 11 is 0. The Hall–Kier alpha value is -3.43. The molecule has 8 nitrogen and oxygen atoms in total. The van der Waals surface area contributed by atoms with Crippen molar-refractivity contribution in [3.8, 4) is 11.5 Å². The van der Waals surface area contributed by atoms with E-state index in [0.29, 0.717) is 34.5 Å². The SMILES string of the molecule is CCS(=O)(=O)c1ccc2nccc(Oc3ccc(CC(O)N/C(C=NC(C)(C)C)=C/N)cc3C)c2c1. The first-order valence-corrected chi connectivity index (χ1v) is 13.4. The van der Waals surface area contributed by atoms with Gasteiger partial charge in [-0.3, -0.25) is 9.98 Å². The molecule has 3 aromatic rings. The van der Waals surface area contributed by atoms with Gasteiger partial charge in [-0.25, -0.2) is 8.42 Å². The number of nitrogens with zero attached hydrogens (tertiary/aromatic N) is 2. The lowest BCUT2D eigenvalue weighted by Gasteiger charge is -2.17. The minimum Gasteiger partial charge on any atom is -0.456 e. The fraction of sp³-hybridized carbons (Fsp3) is 0.333. The summed E-state index contributed by atoms with van der Waals surface area (Å²) < 4.78 is 30.9. The molecule has 0 aliphatic carbocycles. The Kier molecular flexibility index (Phi) is 8.37. The van der Waals surface area contributed by atoms with Gasteiger partial charge < -0.3 is 20.9 Å². The molecule has 0 saturated carbocycles. The summed E-state index contributed by atoms with van der Waals surface area (Å²) in [5, 5.41) is 14.1. The van der Waals surface area contributed by atoms with Gasteiger partial charge in [0.1, 0.15) is 17.7 Å². The van der Waals surface area contributed by atoms with Crippen molar-refractivity contribution in [3.63, 3.8) is 0 Å². The Morgan fingerprint density at radius 3 is 2.58 bits per heavy atom. The second kappa shape index (κ2) is 11.1. The van der Waals surface area contributed by atoms with E-state index in [2.05, 4.69) is 15.3 Å². The highest BCUT2D eigenvalue weighted by molar-refractivity contribution is 7.91. The maximum absolute atomic E-state index is 12.4. The van der Waals surface area contributed by atoms with Crippen molar-refractivity contribution in [1.29, 1.82) is 0 Å². The molecule has 1 unspecified atom stereocenters. The fourth-order valence-corrected chi connectivity index (χ4v) is 4.39. The second-order valence-corrected chi connectivity index (χ2v) is 11.8. The van der Waals surface area contributed by atoms with Crippen LogP contribution in [0.1, 0.15) is 38.8 Å². The number of aliphatic hydroxyl groups is 1. The summed E-state index contributed by atoms with van der Waals surface area (Å²) in [6.07, 6.45) is 4.10. The number of aliphatic imine (C=N–C) groups is 1. The highest BCUT2D eigenvalue weighted by Gasteiger charge is 2.15. The third-order valence-electron chi connectivity index (χ3n) is 5.40. The van der Waals surface area contributed by atoms with Crippen molar-refractivity contribution < 1.29 is 18.3 Å². The minimum absolute atomic E-state index is 0.0161. The van der Waals surface area contributed by atoms with Crippen LogP contribution in [-0.4, -0.2) is 42.2 Å². The molecule has 2 aromatic carbocycles. The maximum atomic E-state index is 12.4. The summed E-state index contributed by atoms with van der Waals surface area (Å²) in [6.45, 7) is 9.45. The zero-order chi connectivity index (χ0) is 26.5. The van der Waals surface area contributed by atoms with Crippen LogP contribution in [0, 0.1) is 6.92 Å². The van der Waals surface area contributed by atoms with Crippen LogP contribution in [0.5, 0.6) is 11.5 Å². The first kappa shape index (κ1) is 27.2. The highest BCUT2D eigenvalue weighted by atomic mass is 32.2. The Bertz CT molecular complexity index is 1390. The summed E-state index contributed by atoms with van der Waals surface area (Å²) in [7, 11) is -3.36. The molecule has 192 valence electrons. The molecule has 0 spiro atoms. The van der Waals surface area contributed by atoms with Crippen molar-refractivity contribution in [2.75, 3.05) is 5.75 Å². The number of aliphatic hydroxyl groups excluding tert-OH is 1. The monoisotopic (exact) mass is 510 g/mol. The molecular formula is C27H34N4O4S. The summed E-state index contributed by atoms with van der Waals surface area (Å²) in [5.74, 6) is 1.15. The Morgan fingerprint density at radius 2 is 1.94 bits per heavy atom. The third-order valence-corrected chi connectivity index (χ3v) is 7.14. The van der Waals surface area contributed by atoms with Gasteiger partial charge in [-0.15, -0.1) is 0 Å². The number of benzene rings is 2. The zero-order valence-corrected chi connectivity index (χ0v) is 22.1. The normalized spacial score (nSPS) is 13.8. The van der Waals surface area contributed by atoms with Crippen LogP contribution in [0.25, 0.3) is 10.9 Å². The summed E-state index contributed by atoms with van der Waals surface area (Å²) in [4.78, 5) is 8.96. The van der Waals surface area contributed by atoms with Gasteiger partial charge in [-0.1, -0.05) is 19.1 Å². The van der Waals surface area contributed by atoms with E-state index >= 15 is 0 Å². The van der Waals surface area contributed by atoms with Crippen LogP contribution in [-0.2, 0) is 16.3 Å². The second-order valence-electron chi connectivity index (χ2n) is 9.51. The summed E-state index contributed by atoms with van der Waals surface area (Å²) in [5.41, 5.74) is 8.35. The number of hydrogen-bond acceptors (Lipinski definition) is 8. The first-order chi connectivity index (χ1) is 16.9. The number of nitrogens with two attached hydrogens (primary N) is 1. The molecule has 4 N–H and O–H groups in total. The number of ether oxygens (including phenoxy) is 1. The lowest BCUT2D eigenvalue weighted by atomic mass is 10.1. The maximum Gasteiger partial charge on any atom is 0.178 e. The van der Waals surface area contributed by atoms with E-state index < -0.39 is 16.1 Å². The molecule has 0 saturated heterocycles. The van der Waals surface area contributed by atoms with Gasteiger partial charge in [0, 0.05) is 30.4 Å². The van der Waals surface area contributed by atoms with Crippen molar-refractivity contribution in [2.24, 2.45) is 10.7 Å². The average Bonchev–Trinajstić information content (AvgIpc) is 2.82. The predicted molar refractivity (Wildman–Crippen MR) is 144 cm³/mol. The highest BCUT2D eigenvalue weighted by Crippen LogP contribution is 2.32. The lowest BCUT2D eigenvalue weighted by molar-refractivity contribution is 0.151. The molecule has 1 atom stereocenters. The van der Waals surface area contributed by atoms with Crippen molar-refractivity contribution in [3.05, 3.63) is 71.7 Å². The number of fused-ring (bicyclic) bond motifs is 1. The largest absolute Gasteiger partial charge is 0.456 e. The number of aryl methyl sites for hydroxylation is 1. The number of allylic oxidation sites excluding steroid dienone is 1. The molecule has 1 heterocycles. The smallest absolute Gasteiger partial charge is 0.178 e. The van der Waals surface area contributed by atoms with E-state index in [1.165, 1.54) is 6.20 Å².